The molecule has 1 amide bonds. The van der Waals surface area contributed by atoms with E-state index in [1.54, 1.807) is 0 Å². The minimum atomic E-state index is -0.881. The Labute approximate surface area is 68.8 Å². The van der Waals surface area contributed by atoms with Gasteiger partial charge in [0.2, 0.25) is 0 Å². The number of hydrogen-bond donors (Lipinski definition) is 2. The molecule has 5 nitrogen and oxygen atoms in total. The lowest BCUT2D eigenvalue weighted by molar-refractivity contribution is 0.210. The van der Waals surface area contributed by atoms with Crippen molar-refractivity contribution >= 4 is 6.09 Å². The largest absolute Gasteiger partial charge is 0.410 e. The van der Waals surface area contributed by atoms with Crippen molar-refractivity contribution in [2.75, 3.05) is 0 Å². The lowest BCUT2D eigenvalue weighted by atomic mass is 10.3. The highest BCUT2D eigenvalue weighted by molar-refractivity contribution is 5.67. The van der Waals surface area contributed by atoms with E-state index >= 15 is 0 Å². The van der Waals surface area contributed by atoms with Gasteiger partial charge < -0.3 is 15.6 Å². The number of nitrogens with two attached hydrogens (primary N) is 1. The number of aliphatic hydroxyl groups excluding tert-OH is 1. The average Bonchev–Trinajstić information content (AvgIpc) is 2.05. The average molecular weight is 168 g/mol. The number of carbonyl (C=O) groups is 1. The summed E-state index contributed by atoms with van der Waals surface area (Å²) in [7, 11) is 0. The molecule has 3 N–H and O–H groups in total. The third-order valence-corrected chi connectivity index (χ3v) is 1.18. The van der Waals surface area contributed by atoms with Crippen LogP contribution >= 0.6 is 0 Å². The number of primary amides is 1. The maximum Gasteiger partial charge on any atom is 0.410 e. The van der Waals surface area contributed by atoms with Crippen LogP contribution in [0.4, 0.5) is 4.79 Å². The van der Waals surface area contributed by atoms with Crippen LogP contribution in [0.2, 0.25) is 0 Å². The Morgan fingerprint density at radius 3 is 2.83 bits per heavy atom. The molecule has 0 atom stereocenters. The van der Waals surface area contributed by atoms with Gasteiger partial charge in [0.1, 0.15) is 0 Å². The molecule has 0 aliphatic heterocycles. The maximum absolute atomic E-state index is 10.2. The number of amides is 1. The van der Waals surface area contributed by atoms with Crippen LogP contribution in [0.5, 0.6) is 5.75 Å². The summed E-state index contributed by atoms with van der Waals surface area (Å²) >= 11 is 0. The quantitative estimate of drug-likeness (QED) is 0.652. The van der Waals surface area contributed by atoms with Crippen molar-refractivity contribution < 1.29 is 14.6 Å². The third kappa shape index (κ3) is 2.21. The smallest absolute Gasteiger partial charge is 0.409 e. The Balaban J connectivity index is 2.71. The monoisotopic (exact) mass is 168 g/mol. The standard InChI is InChI=1S/C7H8N2O3/c8-7(11)12-6-2-1-5(4-10)9-3-6/h1-3,10H,4H2,(H2,8,11). The van der Waals surface area contributed by atoms with Gasteiger partial charge in [0.15, 0.2) is 5.75 Å². The number of rotatable bonds is 2. The van der Waals surface area contributed by atoms with Crippen molar-refractivity contribution in [3.63, 3.8) is 0 Å². The second kappa shape index (κ2) is 3.68. The molecule has 0 unspecified atom stereocenters. The number of nitrogens with zero attached hydrogens (tertiary/aromatic N) is 1. The molecule has 1 aromatic heterocycles. The number of pyridine rings is 1. The van der Waals surface area contributed by atoms with Crippen LogP contribution in [0.1, 0.15) is 5.69 Å². The van der Waals surface area contributed by atoms with E-state index in [4.69, 9.17) is 10.8 Å². The van der Waals surface area contributed by atoms with E-state index in [2.05, 4.69) is 9.72 Å². The van der Waals surface area contributed by atoms with E-state index in [1.165, 1.54) is 18.3 Å². The SMILES string of the molecule is NC(=O)Oc1ccc(CO)nc1. The number of aliphatic hydroxyl groups is 1. The summed E-state index contributed by atoms with van der Waals surface area (Å²) in [5.41, 5.74) is 5.26. The first kappa shape index (κ1) is 8.48. The van der Waals surface area contributed by atoms with Gasteiger partial charge in [-0.05, 0) is 12.1 Å². The molecule has 0 aliphatic carbocycles. The highest BCUT2D eigenvalue weighted by Gasteiger charge is 1.98. The van der Waals surface area contributed by atoms with Crippen molar-refractivity contribution in [2.45, 2.75) is 6.61 Å². The number of hydrogen-bond acceptors (Lipinski definition) is 4. The summed E-state index contributed by atoms with van der Waals surface area (Å²) in [5, 5.41) is 8.62. The molecule has 0 aromatic carbocycles. The first-order valence-electron chi connectivity index (χ1n) is 3.25. The second-order valence-electron chi connectivity index (χ2n) is 2.06. The molecule has 1 aromatic rings. The normalized spacial score (nSPS) is 9.42. The molecule has 5 heteroatoms. The van der Waals surface area contributed by atoms with Gasteiger partial charge in [-0.25, -0.2) is 4.79 Å². The topological polar surface area (TPSA) is 85.4 Å². The van der Waals surface area contributed by atoms with E-state index in [9.17, 15) is 4.79 Å². The Kier molecular flexibility index (Phi) is 2.60. The minimum absolute atomic E-state index is 0.142. The molecule has 0 saturated heterocycles. The van der Waals surface area contributed by atoms with Gasteiger partial charge in [-0.1, -0.05) is 0 Å². The highest BCUT2D eigenvalue weighted by Crippen LogP contribution is 2.08. The summed E-state index contributed by atoms with van der Waals surface area (Å²) in [4.78, 5) is 14.0. The summed E-state index contributed by atoms with van der Waals surface area (Å²) in [6, 6.07) is 3.04. The van der Waals surface area contributed by atoms with Gasteiger partial charge in [0, 0.05) is 0 Å². The lowest BCUT2D eigenvalue weighted by Gasteiger charge is -1.99. The van der Waals surface area contributed by atoms with Crippen LogP contribution in [0, 0.1) is 0 Å². The number of carbonyl (C=O) groups excluding carboxylic acids is 1. The first-order chi connectivity index (χ1) is 5.72. The van der Waals surface area contributed by atoms with Crippen LogP contribution in [-0.4, -0.2) is 16.2 Å². The zero-order chi connectivity index (χ0) is 8.97. The fraction of sp³-hybridized carbons (Fsp3) is 0.143. The van der Waals surface area contributed by atoms with Gasteiger partial charge in [0.05, 0.1) is 18.5 Å². The summed E-state index contributed by atoms with van der Waals surface area (Å²) in [5.74, 6) is 0.264. The molecule has 1 rings (SSSR count). The first-order valence-corrected chi connectivity index (χ1v) is 3.25. The van der Waals surface area contributed by atoms with Gasteiger partial charge >= 0.3 is 6.09 Å². The fourth-order valence-corrected chi connectivity index (χ4v) is 0.681. The molecule has 0 radical (unpaired) electrons. The molecular weight excluding hydrogens is 160 g/mol. The predicted octanol–water partition coefficient (Wildman–Crippen LogP) is 0.0314. The van der Waals surface area contributed by atoms with Gasteiger partial charge in [-0.2, -0.15) is 0 Å². The zero-order valence-electron chi connectivity index (χ0n) is 6.23. The van der Waals surface area contributed by atoms with Crippen LogP contribution in [-0.2, 0) is 6.61 Å². The molecule has 0 spiro atoms. The minimum Gasteiger partial charge on any atom is -0.409 e. The Hall–Kier alpha value is -1.62. The second-order valence-corrected chi connectivity index (χ2v) is 2.06. The van der Waals surface area contributed by atoms with E-state index in [1.807, 2.05) is 0 Å². The molecule has 64 valence electrons. The van der Waals surface area contributed by atoms with E-state index in [-0.39, 0.29) is 12.4 Å². The van der Waals surface area contributed by atoms with Crippen LogP contribution in [0.15, 0.2) is 18.3 Å². The Morgan fingerprint density at radius 1 is 1.67 bits per heavy atom. The zero-order valence-corrected chi connectivity index (χ0v) is 6.23. The van der Waals surface area contributed by atoms with Crippen molar-refractivity contribution in [1.29, 1.82) is 0 Å². The Bertz CT molecular complexity index is 270. The van der Waals surface area contributed by atoms with E-state index in [0.29, 0.717) is 5.69 Å². The lowest BCUT2D eigenvalue weighted by Crippen LogP contribution is -2.16. The number of ether oxygens (including phenoxy) is 1. The third-order valence-electron chi connectivity index (χ3n) is 1.18. The molecule has 0 bridgehead atoms. The highest BCUT2D eigenvalue weighted by atomic mass is 16.5. The van der Waals surface area contributed by atoms with Crippen molar-refractivity contribution in [1.82, 2.24) is 4.98 Å². The Morgan fingerprint density at radius 2 is 2.42 bits per heavy atom. The van der Waals surface area contributed by atoms with Crippen LogP contribution < -0.4 is 10.5 Å². The molecule has 0 aliphatic rings. The molecule has 12 heavy (non-hydrogen) atoms. The van der Waals surface area contributed by atoms with Crippen molar-refractivity contribution in [3.8, 4) is 5.75 Å². The van der Waals surface area contributed by atoms with Crippen molar-refractivity contribution in [3.05, 3.63) is 24.0 Å². The fourth-order valence-electron chi connectivity index (χ4n) is 0.681. The molecule has 1 heterocycles. The van der Waals surface area contributed by atoms with Crippen LogP contribution in [0.25, 0.3) is 0 Å². The van der Waals surface area contributed by atoms with Crippen molar-refractivity contribution in [2.24, 2.45) is 5.73 Å². The number of aromatic nitrogens is 1. The van der Waals surface area contributed by atoms with Gasteiger partial charge in [-0.3, -0.25) is 4.98 Å². The van der Waals surface area contributed by atoms with E-state index in [0.717, 1.165) is 0 Å². The maximum atomic E-state index is 10.2. The summed E-state index contributed by atoms with van der Waals surface area (Å²) in [6.07, 6.45) is 0.435. The van der Waals surface area contributed by atoms with Crippen LogP contribution in [0.3, 0.4) is 0 Å². The van der Waals surface area contributed by atoms with Gasteiger partial charge in [-0.15, -0.1) is 0 Å². The predicted molar refractivity (Wildman–Crippen MR) is 40.4 cm³/mol. The van der Waals surface area contributed by atoms with Gasteiger partial charge in [0.25, 0.3) is 0 Å². The molecule has 0 saturated carbocycles. The van der Waals surface area contributed by atoms with E-state index < -0.39 is 6.09 Å². The molecule has 0 fully saturated rings. The summed E-state index contributed by atoms with van der Waals surface area (Å²) in [6.45, 7) is -0.142. The summed E-state index contributed by atoms with van der Waals surface area (Å²) < 4.78 is 4.51. The molecular formula is C7H8N2O3.